The van der Waals surface area contributed by atoms with E-state index in [1.165, 1.54) is 24.2 Å². The summed E-state index contributed by atoms with van der Waals surface area (Å²) >= 11 is 0. The summed E-state index contributed by atoms with van der Waals surface area (Å²) in [6.07, 6.45) is 3.72. The molecule has 1 unspecified atom stereocenters. The molecule has 1 aliphatic rings. The number of fused-ring (bicyclic) bond motifs is 1. The van der Waals surface area contributed by atoms with Gasteiger partial charge in [0.1, 0.15) is 5.82 Å². The molecule has 0 bridgehead atoms. The van der Waals surface area contributed by atoms with Gasteiger partial charge in [-0.15, -0.1) is 0 Å². The van der Waals surface area contributed by atoms with Crippen molar-refractivity contribution >= 4 is 11.0 Å². The molecule has 90 valence electrons. The average Bonchev–Trinajstić information content (AvgIpc) is 2.98. The van der Waals surface area contributed by atoms with Crippen LogP contribution in [0.25, 0.3) is 11.0 Å². The van der Waals surface area contributed by atoms with Crippen LogP contribution in [0, 0.1) is 0 Å². The van der Waals surface area contributed by atoms with Gasteiger partial charge < -0.3 is 9.30 Å². The summed E-state index contributed by atoms with van der Waals surface area (Å²) in [5.41, 5.74) is 2.34. The summed E-state index contributed by atoms with van der Waals surface area (Å²) in [6.45, 7) is 4.02. The van der Waals surface area contributed by atoms with Gasteiger partial charge in [0.25, 0.3) is 0 Å². The third kappa shape index (κ3) is 1.95. The molecule has 3 rings (SSSR count). The van der Waals surface area contributed by atoms with E-state index in [0.717, 1.165) is 25.1 Å². The van der Waals surface area contributed by atoms with Gasteiger partial charge in [-0.3, -0.25) is 0 Å². The number of hydrogen-bond acceptors (Lipinski definition) is 2. The summed E-state index contributed by atoms with van der Waals surface area (Å²) in [5.74, 6) is 1.17. The predicted molar refractivity (Wildman–Crippen MR) is 68.1 cm³/mol. The minimum absolute atomic E-state index is 0.373. The Labute approximate surface area is 101 Å². The maximum absolute atomic E-state index is 5.73. The summed E-state index contributed by atoms with van der Waals surface area (Å²) in [4.78, 5) is 4.68. The van der Waals surface area contributed by atoms with Crippen LogP contribution < -0.4 is 0 Å². The van der Waals surface area contributed by atoms with Gasteiger partial charge >= 0.3 is 0 Å². The standard InChI is InChI=1S/C14H18N2O/c1-2-14-15-12-7-3-4-8-13(12)16(14)10-11-6-5-9-17-11/h3-4,7-8,11H,2,5-6,9-10H2,1H3. The Morgan fingerprint density at radius 2 is 2.29 bits per heavy atom. The number of imidazole rings is 1. The topological polar surface area (TPSA) is 27.1 Å². The number of ether oxygens (including phenoxy) is 1. The number of rotatable bonds is 3. The fourth-order valence-electron chi connectivity index (χ4n) is 2.59. The Hall–Kier alpha value is -1.35. The normalized spacial score (nSPS) is 20.2. The highest BCUT2D eigenvalue weighted by atomic mass is 16.5. The zero-order valence-corrected chi connectivity index (χ0v) is 10.2. The van der Waals surface area contributed by atoms with Crippen LogP contribution in [0.4, 0.5) is 0 Å². The van der Waals surface area contributed by atoms with Gasteiger partial charge in [0.2, 0.25) is 0 Å². The molecule has 0 amide bonds. The van der Waals surface area contributed by atoms with E-state index >= 15 is 0 Å². The van der Waals surface area contributed by atoms with E-state index in [9.17, 15) is 0 Å². The molecule has 0 N–H and O–H groups in total. The van der Waals surface area contributed by atoms with Gasteiger partial charge in [0, 0.05) is 13.0 Å². The quantitative estimate of drug-likeness (QED) is 0.810. The smallest absolute Gasteiger partial charge is 0.109 e. The first kappa shape index (κ1) is 10.8. The Morgan fingerprint density at radius 3 is 3.06 bits per heavy atom. The largest absolute Gasteiger partial charge is 0.376 e. The molecular weight excluding hydrogens is 212 g/mol. The molecule has 17 heavy (non-hydrogen) atoms. The molecule has 2 heterocycles. The lowest BCUT2D eigenvalue weighted by Gasteiger charge is -2.13. The van der Waals surface area contributed by atoms with Gasteiger partial charge in [-0.25, -0.2) is 4.98 Å². The molecular formula is C14H18N2O. The van der Waals surface area contributed by atoms with E-state index in [4.69, 9.17) is 4.74 Å². The highest BCUT2D eigenvalue weighted by molar-refractivity contribution is 5.75. The molecule has 0 radical (unpaired) electrons. The number of aromatic nitrogens is 2. The first-order chi connectivity index (χ1) is 8.38. The van der Waals surface area contributed by atoms with Crippen LogP contribution in [0.2, 0.25) is 0 Å². The van der Waals surface area contributed by atoms with Crippen LogP contribution >= 0.6 is 0 Å². The maximum Gasteiger partial charge on any atom is 0.109 e. The summed E-state index contributed by atoms with van der Waals surface area (Å²) in [5, 5.41) is 0. The van der Waals surface area contributed by atoms with Crippen molar-refractivity contribution in [1.29, 1.82) is 0 Å². The first-order valence-electron chi connectivity index (χ1n) is 6.44. The van der Waals surface area contributed by atoms with Gasteiger partial charge in [-0.05, 0) is 25.0 Å². The SMILES string of the molecule is CCc1nc2ccccc2n1CC1CCCO1. The number of hydrogen-bond donors (Lipinski definition) is 0. The van der Waals surface area contributed by atoms with Gasteiger partial charge in [-0.1, -0.05) is 19.1 Å². The highest BCUT2D eigenvalue weighted by Crippen LogP contribution is 2.20. The molecule has 3 nitrogen and oxygen atoms in total. The summed E-state index contributed by atoms with van der Waals surface area (Å²) < 4.78 is 8.05. The zero-order chi connectivity index (χ0) is 11.7. The first-order valence-corrected chi connectivity index (χ1v) is 6.44. The molecule has 1 saturated heterocycles. The Morgan fingerprint density at radius 1 is 1.41 bits per heavy atom. The van der Waals surface area contributed by atoms with Crippen molar-refractivity contribution in [3.8, 4) is 0 Å². The molecule has 3 heteroatoms. The second-order valence-corrected chi connectivity index (χ2v) is 4.62. The molecule has 0 aliphatic carbocycles. The van der Waals surface area contributed by atoms with Crippen LogP contribution in [0.1, 0.15) is 25.6 Å². The van der Waals surface area contributed by atoms with Crippen LogP contribution in [0.15, 0.2) is 24.3 Å². The van der Waals surface area contributed by atoms with E-state index in [2.05, 4.69) is 34.7 Å². The molecule has 1 aliphatic heterocycles. The minimum Gasteiger partial charge on any atom is -0.376 e. The number of nitrogens with zero attached hydrogens (tertiary/aromatic N) is 2. The second-order valence-electron chi connectivity index (χ2n) is 4.62. The average molecular weight is 230 g/mol. The monoisotopic (exact) mass is 230 g/mol. The van der Waals surface area contributed by atoms with E-state index in [-0.39, 0.29) is 0 Å². The lowest BCUT2D eigenvalue weighted by molar-refractivity contribution is 0.0972. The predicted octanol–water partition coefficient (Wildman–Crippen LogP) is 2.78. The van der Waals surface area contributed by atoms with Crippen molar-refractivity contribution in [1.82, 2.24) is 9.55 Å². The molecule has 0 spiro atoms. The van der Waals surface area contributed by atoms with E-state index < -0.39 is 0 Å². The van der Waals surface area contributed by atoms with Crippen LogP contribution in [0.3, 0.4) is 0 Å². The van der Waals surface area contributed by atoms with Crippen molar-refractivity contribution in [2.75, 3.05) is 6.61 Å². The van der Waals surface area contributed by atoms with Gasteiger partial charge in [0.15, 0.2) is 0 Å². The molecule has 0 saturated carbocycles. The van der Waals surface area contributed by atoms with E-state index in [1.54, 1.807) is 0 Å². The lowest BCUT2D eigenvalue weighted by atomic mass is 10.2. The molecule has 2 aromatic rings. The van der Waals surface area contributed by atoms with E-state index in [0.29, 0.717) is 6.10 Å². The number of aryl methyl sites for hydroxylation is 1. The lowest BCUT2D eigenvalue weighted by Crippen LogP contribution is -2.16. The van der Waals surface area contributed by atoms with Crippen molar-refractivity contribution in [3.63, 3.8) is 0 Å². The molecule has 1 aromatic heterocycles. The fourth-order valence-corrected chi connectivity index (χ4v) is 2.59. The molecule has 1 atom stereocenters. The van der Waals surface area contributed by atoms with E-state index in [1.807, 2.05) is 6.07 Å². The van der Waals surface area contributed by atoms with Crippen molar-refractivity contribution in [3.05, 3.63) is 30.1 Å². The second kappa shape index (κ2) is 4.49. The number of para-hydroxylation sites is 2. The zero-order valence-electron chi connectivity index (χ0n) is 10.2. The highest BCUT2D eigenvalue weighted by Gasteiger charge is 2.18. The summed E-state index contributed by atoms with van der Waals surface area (Å²) in [7, 11) is 0. The Kier molecular flexibility index (Phi) is 2.85. The van der Waals surface area contributed by atoms with Crippen molar-refractivity contribution in [2.24, 2.45) is 0 Å². The van der Waals surface area contributed by atoms with Crippen molar-refractivity contribution in [2.45, 2.75) is 38.8 Å². The molecule has 1 fully saturated rings. The molecule has 1 aromatic carbocycles. The van der Waals surface area contributed by atoms with Gasteiger partial charge in [-0.2, -0.15) is 0 Å². The maximum atomic E-state index is 5.73. The Bertz CT molecular complexity index is 512. The van der Waals surface area contributed by atoms with Gasteiger partial charge in [0.05, 0.1) is 23.7 Å². The minimum atomic E-state index is 0.373. The summed E-state index contributed by atoms with van der Waals surface area (Å²) in [6, 6.07) is 8.36. The third-order valence-electron chi connectivity index (χ3n) is 3.46. The number of benzene rings is 1. The van der Waals surface area contributed by atoms with Crippen LogP contribution in [0.5, 0.6) is 0 Å². The van der Waals surface area contributed by atoms with Crippen LogP contribution in [-0.4, -0.2) is 22.3 Å². The fraction of sp³-hybridized carbons (Fsp3) is 0.500. The van der Waals surface area contributed by atoms with Crippen LogP contribution in [-0.2, 0) is 17.7 Å². The third-order valence-corrected chi connectivity index (χ3v) is 3.46. The Balaban J connectivity index is 1.99. The van der Waals surface area contributed by atoms with Crippen molar-refractivity contribution < 1.29 is 4.74 Å².